The van der Waals surface area contributed by atoms with E-state index in [4.69, 9.17) is 4.74 Å². The maximum absolute atomic E-state index is 13.8. The summed E-state index contributed by atoms with van der Waals surface area (Å²) in [5.74, 6) is -0.755. The Morgan fingerprint density at radius 3 is 2.35 bits per heavy atom. The van der Waals surface area contributed by atoms with E-state index in [1.54, 1.807) is 46.6 Å². The third-order valence-corrected chi connectivity index (χ3v) is 7.46. The van der Waals surface area contributed by atoms with Crippen LogP contribution < -0.4 is 16.2 Å². The molecular weight excluding hydrogens is 512 g/mol. The maximum atomic E-state index is 13.8. The quantitative estimate of drug-likeness (QED) is 0.383. The Morgan fingerprint density at radius 1 is 1.05 bits per heavy atom. The molecule has 0 saturated carbocycles. The number of methoxy groups -OCH3 is 1. The molecule has 0 unspecified atom stereocenters. The number of nitrogens with two attached hydrogens (primary N) is 1. The summed E-state index contributed by atoms with van der Waals surface area (Å²) in [7, 11) is 1.42. The van der Waals surface area contributed by atoms with Crippen LogP contribution in [0.1, 0.15) is 42.6 Å². The summed E-state index contributed by atoms with van der Waals surface area (Å²) in [4.78, 5) is 54.3. The maximum Gasteiger partial charge on any atom is 0.309 e. The van der Waals surface area contributed by atoms with E-state index in [2.05, 4.69) is 5.32 Å². The Morgan fingerprint density at radius 2 is 1.70 bits per heavy atom. The number of pyridine rings is 1. The normalized spacial score (nSPS) is 15.8. The Hall–Kier alpha value is -4.28. The van der Waals surface area contributed by atoms with Gasteiger partial charge < -0.3 is 20.1 Å². The molecule has 0 atom stereocenters. The molecule has 3 heterocycles. The lowest BCUT2D eigenvalue weighted by molar-refractivity contribution is -0.505. The number of para-hydroxylation sites is 1. The molecule has 2 aliphatic rings. The number of piperidine rings is 1. The molecule has 2 aromatic carbocycles. The van der Waals surface area contributed by atoms with E-state index < -0.39 is 11.2 Å². The largest absolute Gasteiger partial charge is 0.490 e. The number of nitrogens with one attached hydrogen (secondary N) is 1. The molecule has 2 amide bonds. The highest BCUT2D eigenvalue weighted by molar-refractivity contribution is 6.04. The number of ketones is 1. The van der Waals surface area contributed by atoms with Crippen LogP contribution in [0.2, 0.25) is 0 Å². The standard InChI is InChI=1S/C30H32N4O6/c1-30(2,39)29(38)33-15-13-19(14-16-33)31-27(36)25-26(40-3)23-24(32-25)20-11-7-8-12-21(20)34(28(23)37)17-22(35)18-9-5-4-6-10-18/h4-12,19,32,39H,13-17H2,1-3H3,(H,31,36)/p+1. The number of hydrogen-bond acceptors (Lipinski definition) is 6. The molecule has 40 heavy (non-hydrogen) atoms. The topological polar surface area (TPSA) is 135 Å². The second-order valence-corrected chi connectivity index (χ2v) is 10.7. The number of likely N-dealkylation sites (tertiary alicyclic amines) is 1. The Kier molecular flexibility index (Phi) is 7.31. The van der Waals surface area contributed by atoms with Crippen molar-refractivity contribution >= 4 is 39.9 Å². The molecule has 1 aromatic heterocycles. The molecule has 10 nitrogen and oxygen atoms in total. The van der Waals surface area contributed by atoms with Gasteiger partial charge in [-0.2, -0.15) is 0 Å². The van der Waals surface area contributed by atoms with Crippen molar-refractivity contribution in [2.75, 3.05) is 20.2 Å². The number of benzene rings is 2. The number of aliphatic hydroxyl groups is 1. The number of carbonyl (C=O) groups is 3. The van der Waals surface area contributed by atoms with Gasteiger partial charge in [-0.1, -0.05) is 42.5 Å². The van der Waals surface area contributed by atoms with Gasteiger partial charge in [0, 0.05) is 24.7 Å². The van der Waals surface area contributed by atoms with Crippen molar-refractivity contribution < 1.29 is 29.5 Å². The van der Waals surface area contributed by atoms with Crippen LogP contribution in [-0.4, -0.2) is 64.0 Å². The van der Waals surface area contributed by atoms with Crippen molar-refractivity contribution in [3.63, 3.8) is 0 Å². The highest BCUT2D eigenvalue weighted by Gasteiger charge is 2.39. The molecule has 5 rings (SSSR count). The van der Waals surface area contributed by atoms with E-state index in [1.165, 1.54) is 25.5 Å². The van der Waals surface area contributed by atoms with E-state index in [0.29, 0.717) is 42.7 Å². The zero-order valence-corrected chi connectivity index (χ0v) is 22.8. The molecule has 2 aliphatic heterocycles. The highest BCUT2D eigenvalue weighted by atomic mass is 16.5. The smallest absolute Gasteiger partial charge is 0.309 e. The Bertz CT molecular complexity index is 1580. The minimum atomic E-state index is -1.44. The fraction of sp³-hybridized carbons (Fsp3) is 0.333. The first-order valence-corrected chi connectivity index (χ1v) is 13.3. The number of aromatic nitrogens is 1. The third kappa shape index (κ3) is 5.03. The van der Waals surface area contributed by atoms with E-state index in [9.17, 15) is 24.3 Å². The number of quaternary nitrogens is 1. The lowest BCUT2D eigenvalue weighted by Crippen LogP contribution is -2.77. The van der Waals surface area contributed by atoms with Crippen molar-refractivity contribution in [1.29, 1.82) is 0 Å². The van der Waals surface area contributed by atoms with Crippen molar-refractivity contribution in [1.82, 2.24) is 14.8 Å². The third-order valence-electron chi connectivity index (χ3n) is 7.46. The minimum Gasteiger partial charge on any atom is -0.490 e. The number of amides is 2. The van der Waals surface area contributed by atoms with Crippen LogP contribution in [0.15, 0.2) is 65.1 Å². The molecule has 0 aliphatic carbocycles. The van der Waals surface area contributed by atoms with Gasteiger partial charge in [0.05, 0.1) is 24.6 Å². The summed E-state index contributed by atoms with van der Waals surface area (Å²) in [6.07, 6.45) is 1.07. The van der Waals surface area contributed by atoms with Gasteiger partial charge in [-0.3, -0.25) is 29.1 Å². The zero-order valence-electron chi connectivity index (χ0n) is 22.8. The van der Waals surface area contributed by atoms with E-state index >= 15 is 0 Å². The molecule has 10 heteroatoms. The summed E-state index contributed by atoms with van der Waals surface area (Å²) < 4.78 is 7.07. The van der Waals surface area contributed by atoms with Crippen LogP contribution in [0.4, 0.5) is 5.69 Å². The summed E-state index contributed by atoms with van der Waals surface area (Å²) in [5, 5.41) is 15.5. The summed E-state index contributed by atoms with van der Waals surface area (Å²) in [6.45, 7) is 3.60. The van der Waals surface area contributed by atoms with Gasteiger partial charge in [0.1, 0.15) is 5.60 Å². The summed E-state index contributed by atoms with van der Waals surface area (Å²) in [5.41, 5.74) is 0.306. The lowest BCUT2D eigenvalue weighted by atomic mass is 10.0. The molecule has 0 bridgehead atoms. The van der Waals surface area contributed by atoms with Gasteiger partial charge >= 0.3 is 5.91 Å². The van der Waals surface area contributed by atoms with E-state index in [1.807, 2.05) is 18.2 Å². The van der Waals surface area contributed by atoms with Crippen LogP contribution in [0.25, 0.3) is 16.7 Å². The Balaban J connectivity index is 1.43. The van der Waals surface area contributed by atoms with Crippen LogP contribution >= 0.6 is 0 Å². The monoisotopic (exact) mass is 545 g/mol. The average molecular weight is 546 g/mol. The predicted octanol–water partition coefficient (Wildman–Crippen LogP) is 1.29. The fourth-order valence-electron chi connectivity index (χ4n) is 5.42. The van der Waals surface area contributed by atoms with Crippen LogP contribution in [-0.2, 0) is 20.9 Å². The molecular formula is C30H33N4O6+. The SMILES string of the molecule is COC1=C(C(=O)NC2CCN(C(=O)C(C)(C)O)CC2)[NH2+]c2c1c(=O)n(CC(=O)c1ccccc1)c1ccccc21. The van der Waals surface area contributed by atoms with Gasteiger partial charge in [0.15, 0.2) is 17.0 Å². The van der Waals surface area contributed by atoms with Gasteiger partial charge in [-0.25, -0.2) is 0 Å². The van der Waals surface area contributed by atoms with Crippen molar-refractivity contribution in [2.24, 2.45) is 0 Å². The predicted molar refractivity (Wildman–Crippen MR) is 149 cm³/mol. The number of fused-ring (bicyclic) bond motifs is 3. The van der Waals surface area contributed by atoms with E-state index in [-0.39, 0.29) is 47.2 Å². The van der Waals surface area contributed by atoms with Gasteiger partial charge in [0.2, 0.25) is 11.5 Å². The first kappa shape index (κ1) is 27.3. The number of rotatable bonds is 7. The van der Waals surface area contributed by atoms with Gasteiger partial charge in [-0.05, 0) is 38.8 Å². The first-order valence-electron chi connectivity index (χ1n) is 13.3. The lowest BCUT2D eigenvalue weighted by Gasteiger charge is -2.35. The molecule has 4 N–H and O–H groups in total. The Labute approximate surface area is 231 Å². The zero-order chi connectivity index (χ0) is 28.6. The van der Waals surface area contributed by atoms with Gasteiger partial charge in [0.25, 0.3) is 11.5 Å². The molecule has 0 spiro atoms. The molecule has 1 fully saturated rings. The van der Waals surface area contributed by atoms with Crippen molar-refractivity contribution in [3.05, 3.63) is 81.8 Å². The second kappa shape index (κ2) is 10.7. The number of ether oxygens (including phenoxy) is 1. The van der Waals surface area contributed by atoms with Crippen molar-refractivity contribution in [2.45, 2.75) is 44.9 Å². The molecule has 208 valence electrons. The number of hydrogen-bond donors (Lipinski definition) is 3. The second-order valence-electron chi connectivity index (χ2n) is 10.7. The van der Waals surface area contributed by atoms with Gasteiger partial charge in [-0.15, -0.1) is 0 Å². The molecule has 1 saturated heterocycles. The minimum absolute atomic E-state index is 0.156. The highest BCUT2D eigenvalue weighted by Crippen LogP contribution is 2.31. The summed E-state index contributed by atoms with van der Waals surface area (Å²) in [6, 6.07) is 15.9. The van der Waals surface area contributed by atoms with Crippen LogP contribution in [0.3, 0.4) is 0 Å². The fourth-order valence-corrected chi connectivity index (χ4v) is 5.42. The number of Topliss-reactive ketones (excluding diaryl/α,β-unsaturated/α-hetero) is 1. The molecule has 0 radical (unpaired) electrons. The molecule has 3 aromatic rings. The van der Waals surface area contributed by atoms with Crippen LogP contribution in [0, 0.1) is 0 Å². The average Bonchev–Trinajstić information content (AvgIpc) is 3.35. The van der Waals surface area contributed by atoms with Crippen molar-refractivity contribution in [3.8, 4) is 0 Å². The first-order chi connectivity index (χ1) is 19.1. The number of carbonyl (C=O) groups excluding carboxylic acids is 3. The number of nitrogens with zero attached hydrogens (tertiary/aromatic N) is 2. The van der Waals surface area contributed by atoms with Crippen LogP contribution in [0.5, 0.6) is 0 Å². The summed E-state index contributed by atoms with van der Waals surface area (Å²) >= 11 is 0. The van der Waals surface area contributed by atoms with E-state index in [0.717, 1.165) is 5.39 Å².